The molecule has 1 heterocycles. The second-order valence-corrected chi connectivity index (χ2v) is 6.04. The highest BCUT2D eigenvalue weighted by Gasteiger charge is 2.06. The number of hydrogen-bond donors (Lipinski definition) is 2. The van der Waals surface area contributed by atoms with Crippen molar-refractivity contribution in [1.82, 2.24) is 4.98 Å². The molecule has 0 aliphatic heterocycles. The van der Waals surface area contributed by atoms with Crippen LogP contribution in [0.1, 0.15) is 25.3 Å². The quantitative estimate of drug-likeness (QED) is 0.829. The van der Waals surface area contributed by atoms with E-state index in [1.807, 2.05) is 24.3 Å². The fraction of sp³-hybridized carbons (Fsp3) is 0.250. The molecule has 0 spiro atoms. The molecule has 0 fully saturated rings. The highest BCUT2D eigenvalue weighted by molar-refractivity contribution is 7.99. The number of rotatable bonds is 5. The fourth-order valence-electron chi connectivity index (χ4n) is 1.79. The summed E-state index contributed by atoms with van der Waals surface area (Å²) in [5.41, 5.74) is 8.23. The van der Waals surface area contributed by atoms with E-state index in [1.165, 1.54) is 17.3 Å². The Labute approximate surface area is 129 Å². The van der Waals surface area contributed by atoms with Gasteiger partial charge in [0.25, 0.3) is 0 Å². The van der Waals surface area contributed by atoms with Gasteiger partial charge in [-0.05, 0) is 35.7 Å². The van der Waals surface area contributed by atoms with Gasteiger partial charge in [0.15, 0.2) is 0 Å². The van der Waals surface area contributed by atoms with E-state index in [0.717, 1.165) is 10.7 Å². The molecule has 0 saturated carbocycles. The number of nitrogens with two attached hydrogens (primary N) is 1. The van der Waals surface area contributed by atoms with Crippen LogP contribution >= 0.6 is 11.8 Å². The minimum Gasteiger partial charge on any atom is -0.397 e. The van der Waals surface area contributed by atoms with Gasteiger partial charge in [0.1, 0.15) is 0 Å². The minimum absolute atomic E-state index is 0.0421. The van der Waals surface area contributed by atoms with Crippen molar-refractivity contribution in [1.29, 1.82) is 0 Å². The molecular formula is C16H19N3OS. The Balaban J connectivity index is 1.89. The van der Waals surface area contributed by atoms with E-state index >= 15 is 0 Å². The van der Waals surface area contributed by atoms with E-state index < -0.39 is 0 Å². The summed E-state index contributed by atoms with van der Waals surface area (Å²) in [6.45, 7) is 4.26. The third kappa shape index (κ3) is 4.79. The lowest BCUT2D eigenvalue weighted by Gasteiger charge is -2.09. The first kappa shape index (κ1) is 15.4. The van der Waals surface area contributed by atoms with E-state index in [0.29, 0.717) is 17.4 Å². The molecule has 0 saturated heterocycles. The van der Waals surface area contributed by atoms with Gasteiger partial charge in [0, 0.05) is 5.69 Å². The molecule has 0 aliphatic rings. The van der Waals surface area contributed by atoms with Crippen LogP contribution in [-0.2, 0) is 4.79 Å². The Morgan fingerprint density at radius 1 is 1.33 bits per heavy atom. The first-order valence-corrected chi connectivity index (χ1v) is 7.77. The minimum atomic E-state index is -0.0421. The molecule has 3 N–H and O–H groups in total. The number of aromatic nitrogens is 1. The van der Waals surface area contributed by atoms with Gasteiger partial charge in [-0.3, -0.25) is 4.79 Å². The summed E-state index contributed by atoms with van der Waals surface area (Å²) >= 11 is 1.39. The Bertz CT molecular complexity index is 611. The van der Waals surface area contributed by atoms with Crippen LogP contribution in [0.25, 0.3) is 0 Å². The number of thioether (sulfide) groups is 1. The molecule has 1 aromatic heterocycles. The van der Waals surface area contributed by atoms with Crippen LogP contribution in [0.3, 0.4) is 0 Å². The highest BCUT2D eigenvalue weighted by Crippen LogP contribution is 2.20. The van der Waals surface area contributed by atoms with Gasteiger partial charge < -0.3 is 11.1 Å². The molecule has 1 aromatic carbocycles. The zero-order chi connectivity index (χ0) is 15.2. The average molecular weight is 301 g/mol. The molecular weight excluding hydrogens is 282 g/mol. The van der Waals surface area contributed by atoms with Crippen LogP contribution in [-0.4, -0.2) is 16.6 Å². The number of nitrogens with one attached hydrogen (secondary N) is 1. The lowest BCUT2D eigenvalue weighted by Crippen LogP contribution is -2.14. The predicted molar refractivity (Wildman–Crippen MR) is 88.5 cm³/mol. The zero-order valence-corrected chi connectivity index (χ0v) is 13.0. The van der Waals surface area contributed by atoms with Gasteiger partial charge in [0.2, 0.25) is 5.91 Å². The summed E-state index contributed by atoms with van der Waals surface area (Å²) in [4.78, 5) is 16.1. The van der Waals surface area contributed by atoms with Gasteiger partial charge in [-0.2, -0.15) is 0 Å². The molecule has 2 rings (SSSR count). The number of anilines is 2. The smallest absolute Gasteiger partial charge is 0.234 e. The summed E-state index contributed by atoms with van der Waals surface area (Å²) in [7, 11) is 0. The van der Waals surface area contributed by atoms with Crippen LogP contribution < -0.4 is 11.1 Å². The van der Waals surface area contributed by atoms with E-state index in [9.17, 15) is 4.79 Å². The summed E-state index contributed by atoms with van der Waals surface area (Å²) in [6, 6.07) is 11.5. The van der Waals surface area contributed by atoms with Gasteiger partial charge in [0.05, 0.1) is 22.7 Å². The first-order chi connectivity index (χ1) is 10.0. The van der Waals surface area contributed by atoms with Crippen molar-refractivity contribution in [2.75, 3.05) is 16.8 Å². The topological polar surface area (TPSA) is 68.0 Å². The van der Waals surface area contributed by atoms with Crippen LogP contribution in [0.15, 0.2) is 47.6 Å². The Morgan fingerprint density at radius 3 is 2.81 bits per heavy atom. The number of benzene rings is 1. The lowest BCUT2D eigenvalue weighted by atomic mass is 10.0. The van der Waals surface area contributed by atoms with Crippen LogP contribution in [0.2, 0.25) is 0 Å². The van der Waals surface area contributed by atoms with E-state index in [-0.39, 0.29) is 5.91 Å². The number of nitrogens with zero attached hydrogens (tertiary/aromatic N) is 1. The zero-order valence-electron chi connectivity index (χ0n) is 12.2. The molecule has 0 radical (unpaired) electrons. The van der Waals surface area contributed by atoms with Crippen molar-refractivity contribution < 1.29 is 4.79 Å². The molecule has 0 bridgehead atoms. The van der Waals surface area contributed by atoms with Gasteiger partial charge in [-0.15, -0.1) is 0 Å². The molecule has 1 amide bonds. The Hall–Kier alpha value is -2.01. The Morgan fingerprint density at radius 2 is 2.14 bits per heavy atom. The number of carbonyl (C=O) groups is 1. The van der Waals surface area contributed by atoms with Crippen LogP contribution in [0.4, 0.5) is 11.4 Å². The molecule has 5 heteroatoms. The molecule has 0 aliphatic carbocycles. The van der Waals surface area contributed by atoms with Crippen molar-refractivity contribution in [3.63, 3.8) is 0 Å². The largest absolute Gasteiger partial charge is 0.397 e. The second-order valence-electron chi connectivity index (χ2n) is 5.05. The maximum Gasteiger partial charge on any atom is 0.234 e. The van der Waals surface area contributed by atoms with Gasteiger partial charge >= 0.3 is 0 Å². The standard InChI is InChI=1S/C16H19N3OS/c1-11(2)12-4-3-5-14(8-12)19-15(20)10-21-16-7-6-13(17)9-18-16/h3-9,11H,10,17H2,1-2H3,(H,19,20). The van der Waals surface area contributed by atoms with Crippen molar-refractivity contribution in [2.24, 2.45) is 0 Å². The highest BCUT2D eigenvalue weighted by atomic mass is 32.2. The van der Waals surface area contributed by atoms with Crippen LogP contribution in [0, 0.1) is 0 Å². The number of amides is 1. The van der Waals surface area contributed by atoms with Crippen molar-refractivity contribution >= 4 is 29.0 Å². The molecule has 0 unspecified atom stereocenters. The molecule has 2 aromatic rings. The normalized spacial score (nSPS) is 10.6. The molecule has 0 atom stereocenters. The maximum atomic E-state index is 11.9. The fourth-order valence-corrected chi connectivity index (χ4v) is 2.43. The first-order valence-electron chi connectivity index (χ1n) is 6.79. The average Bonchev–Trinajstić information content (AvgIpc) is 2.47. The summed E-state index contributed by atoms with van der Waals surface area (Å²) in [6.07, 6.45) is 1.59. The molecule has 4 nitrogen and oxygen atoms in total. The number of hydrogen-bond acceptors (Lipinski definition) is 4. The van der Waals surface area contributed by atoms with Crippen molar-refractivity contribution in [3.8, 4) is 0 Å². The number of pyridine rings is 1. The Kier molecular flexibility index (Phi) is 5.22. The predicted octanol–water partition coefficient (Wildman–Crippen LogP) is 3.52. The third-order valence-corrected chi connectivity index (χ3v) is 3.89. The SMILES string of the molecule is CC(C)c1cccc(NC(=O)CSc2ccc(N)cn2)c1. The monoisotopic (exact) mass is 301 g/mol. The van der Waals surface area contributed by atoms with Gasteiger partial charge in [-0.1, -0.05) is 37.7 Å². The summed E-state index contributed by atoms with van der Waals surface area (Å²) in [5, 5.41) is 3.69. The number of nitrogen functional groups attached to an aromatic ring is 1. The lowest BCUT2D eigenvalue weighted by molar-refractivity contribution is -0.113. The summed E-state index contributed by atoms with van der Waals surface area (Å²) < 4.78 is 0. The van der Waals surface area contributed by atoms with Crippen LogP contribution in [0.5, 0.6) is 0 Å². The third-order valence-electron chi connectivity index (χ3n) is 2.95. The molecule has 21 heavy (non-hydrogen) atoms. The van der Waals surface area contributed by atoms with Gasteiger partial charge in [-0.25, -0.2) is 4.98 Å². The summed E-state index contributed by atoms with van der Waals surface area (Å²) in [5.74, 6) is 0.720. The maximum absolute atomic E-state index is 11.9. The number of carbonyl (C=O) groups excluding carboxylic acids is 1. The van der Waals surface area contributed by atoms with Crippen molar-refractivity contribution in [2.45, 2.75) is 24.8 Å². The van der Waals surface area contributed by atoms with Crippen molar-refractivity contribution in [3.05, 3.63) is 48.2 Å². The van der Waals surface area contributed by atoms with E-state index in [1.54, 1.807) is 12.3 Å². The van der Waals surface area contributed by atoms with E-state index in [4.69, 9.17) is 5.73 Å². The van der Waals surface area contributed by atoms with E-state index in [2.05, 4.69) is 30.2 Å². The second kappa shape index (κ2) is 7.13. The molecule has 110 valence electrons.